The molecule has 100 valence electrons. The minimum absolute atomic E-state index is 0.267. The fourth-order valence-electron chi connectivity index (χ4n) is 2.90. The lowest BCUT2D eigenvalue weighted by Crippen LogP contribution is -2.46. The smallest absolute Gasteiger partial charge is 0.117 e. The molecule has 1 N–H and O–H groups in total. The van der Waals surface area contributed by atoms with E-state index in [0.717, 1.165) is 5.92 Å². The molecule has 3 heterocycles. The normalized spacial score (nSPS) is 32.8. The molecule has 0 aromatic carbocycles. The Labute approximate surface area is 108 Å². The minimum Gasteiger partial charge on any atom is -0.271 e. The van der Waals surface area contributed by atoms with Crippen LogP contribution in [0.25, 0.3) is 0 Å². The molecular weight excluding hydrogens is 229 g/mol. The number of nitrogens with one attached hydrogen (secondary N) is 1. The van der Waals surface area contributed by atoms with Gasteiger partial charge in [-0.1, -0.05) is 0 Å². The van der Waals surface area contributed by atoms with E-state index in [9.17, 15) is 0 Å². The van der Waals surface area contributed by atoms with Crippen LogP contribution < -0.4 is 5.09 Å². The van der Waals surface area contributed by atoms with Crippen molar-refractivity contribution >= 4 is 8.37 Å². The average Bonchev–Trinajstić information content (AvgIpc) is 2.13. The van der Waals surface area contributed by atoms with E-state index in [1.165, 1.54) is 38.9 Å². The van der Waals surface area contributed by atoms with Gasteiger partial charge in [-0.2, -0.15) is 0 Å². The van der Waals surface area contributed by atoms with Crippen LogP contribution in [-0.2, 0) is 0 Å². The first-order valence-corrected chi connectivity index (χ1v) is 8.41. The Kier molecular flexibility index (Phi) is 4.82. The first kappa shape index (κ1) is 13.7. The highest BCUT2D eigenvalue weighted by atomic mass is 31.1. The number of fused-ring (bicyclic) bond motifs is 6. The van der Waals surface area contributed by atoms with Crippen molar-refractivity contribution < 1.29 is 0 Å². The average molecular weight is 257 g/mol. The fraction of sp³-hybridized carbons (Fsp3) is 1.00. The Balaban J connectivity index is 2.19. The maximum absolute atomic E-state index is 3.83. The highest BCUT2D eigenvalue weighted by Gasteiger charge is 2.34. The quantitative estimate of drug-likeness (QED) is 0.767. The largest absolute Gasteiger partial charge is 0.271 e. The second-order valence-electron chi connectivity index (χ2n) is 5.94. The minimum atomic E-state index is -0.267. The molecule has 0 aliphatic carbocycles. The molecule has 0 aromatic rings. The van der Waals surface area contributed by atoms with E-state index in [-0.39, 0.29) is 8.37 Å². The summed E-state index contributed by atoms with van der Waals surface area (Å²) in [5.41, 5.74) is 0. The molecule has 3 saturated heterocycles. The van der Waals surface area contributed by atoms with E-state index in [4.69, 9.17) is 0 Å². The lowest BCUT2D eigenvalue weighted by molar-refractivity contribution is 0.226. The van der Waals surface area contributed by atoms with Gasteiger partial charge in [-0.25, -0.2) is 0 Å². The molecule has 4 heteroatoms. The molecule has 0 aromatic heterocycles. The maximum atomic E-state index is 3.83. The van der Waals surface area contributed by atoms with Gasteiger partial charge in [0.2, 0.25) is 0 Å². The van der Waals surface area contributed by atoms with Crippen molar-refractivity contribution in [2.24, 2.45) is 5.92 Å². The second kappa shape index (κ2) is 5.97. The number of hydrogen-bond acceptors (Lipinski definition) is 3. The molecule has 0 amide bonds. The topological polar surface area (TPSA) is 18.5 Å². The van der Waals surface area contributed by atoms with Crippen molar-refractivity contribution in [2.45, 2.75) is 59.0 Å². The molecular formula is C13H28N3P. The third kappa shape index (κ3) is 3.20. The molecule has 3 aliphatic rings. The first-order chi connectivity index (χ1) is 8.09. The van der Waals surface area contributed by atoms with Crippen LogP contribution in [0, 0.1) is 5.92 Å². The third-order valence-corrected chi connectivity index (χ3v) is 6.82. The highest BCUT2D eigenvalue weighted by Crippen LogP contribution is 2.47. The lowest BCUT2D eigenvalue weighted by Gasteiger charge is -2.47. The third-order valence-electron chi connectivity index (χ3n) is 4.02. The maximum Gasteiger partial charge on any atom is 0.117 e. The molecule has 0 unspecified atom stereocenters. The van der Waals surface area contributed by atoms with Crippen molar-refractivity contribution in [3.05, 3.63) is 0 Å². The van der Waals surface area contributed by atoms with Crippen molar-refractivity contribution in [1.29, 1.82) is 0 Å². The molecule has 17 heavy (non-hydrogen) atoms. The number of hydrogen-bond donors (Lipinski definition) is 1. The van der Waals surface area contributed by atoms with Gasteiger partial charge in [-0.05, 0) is 52.9 Å². The zero-order valence-corrected chi connectivity index (χ0v) is 12.7. The summed E-state index contributed by atoms with van der Waals surface area (Å²) in [7, 11) is -0.267. The monoisotopic (exact) mass is 257 g/mol. The van der Waals surface area contributed by atoms with E-state index in [0.29, 0.717) is 12.1 Å². The zero-order valence-electron chi connectivity index (χ0n) is 11.8. The Bertz CT molecular complexity index is 225. The summed E-state index contributed by atoms with van der Waals surface area (Å²) >= 11 is 0. The van der Waals surface area contributed by atoms with E-state index in [2.05, 4.69) is 42.1 Å². The van der Waals surface area contributed by atoms with Gasteiger partial charge in [-0.15, -0.1) is 0 Å². The Morgan fingerprint density at radius 3 is 1.94 bits per heavy atom. The Morgan fingerprint density at radius 1 is 0.941 bits per heavy atom. The number of nitrogens with zero attached hydrogens (tertiary/aromatic N) is 2. The first-order valence-electron chi connectivity index (χ1n) is 7.16. The molecule has 0 radical (unpaired) electrons. The van der Waals surface area contributed by atoms with Gasteiger partial charge >= 0.3 is 0 Å². The van der Waals surface area contributed by atoms with E-state index >= 15 is 0 Å². The van der Waals surface area contributed by atoms with Crippen LogP contribution in [0.2, 0.25) is 0 Å². The molecule has 3 aliphatic heterocycles. The van der Waals surface area contributed by atoms with Crippen LogP contribution >= 0.6 is 8.37 Å². The molecule has 3 nitrogen and oxygen atoms in total. The van der Waals surface area contributed by atoms with Crippen molar-refractivity contribution in [3.8, 4) is 0 Å². The summed E-state index contributed by atoms with van der Waals surface area (Å²) < 4.78 is 5.42. The fourth-order valence-corrected chi connectivity index (χ4v) is 5.38. The summed E-state index contributed by atoms with van der Waals surface area (Å²) in [5.74, 6) is 0.933. The van der Waals surface area contributed by atoms with Crippen molar-refractivity contribution in [1.82, 2.24) is 14.4 Å². The van der Waals surface area contributed by atoms with Gasteiger partial charge in [0.15, 0.2) is 0 Å². The Morgan fingerprint density at radius 2 is 1.47 bits per heavy atom. The summed E-state index contributed by atoms with van der Waals surface area (Å²) in [6.07, 6.45) is 4.20. The molecule has 0 spiro atoms. The zero-order chi connectivity index (χ0) is 12.4. The van der Waals surface area contributed by atoms with Gasteiger partial charge in [0.25, 0.3) is 0 Å². The predicted molar refractivity (Wildman–Crippen MR) is 75.9 cm³/mol. The van der Waals surface area contributed by atoms with E-state index in [1.54, 1.807) is 0 Å². The van der Waals surface area contributed by atoms with E-state index in [1.807, 2.05) is 0 Å². The van der Waals surface area contributed by atoms with Gasteiger partial charge in [0.05, 0.1) is 0 Å². The van der Waals surface area contributed by atoms with Crippen LogP contribution in [0.1, 0.15) is 47.0 Å². The van der Waals surface area contributed by atoms with Crippen molar-refractivity contribution in [2.75, 3.05) is 19.6 Å². The van der Waals surface area contributed by atoms with Crippen LogP contribution in [-0.4, -0.2) is 41.1 Å². The molecule has 0 atom stereocenters. The highest BCUT2D eigenvalue weighted by molar-refractivity contribution is 7.50. The van der Waals surface area contributed by atoms with E-state index < -0.39 is 0 Å². The second-order valence-corrected chi connectivity index (χ2v) is 7.87. The van der Waals surface area contributed by atoms with Crippen molar-refractivity contribution in [3.63, 3.8) is 0 Å². The standard InChI is InChI=1S/C13H28N3P/c1-11(2)15-9-6-13-5-8-14-17(15)16(10-7-13)12(3)4/h11-14H,5-10H2,1-4H3. The van der Waals surface area contributed by atoms with Gasteiger partial charge in [-0.3, -0.25) is 14.4 Å². The summed E-state index contributed by atoms with van der Waals surface area (Å²) in [6, 6.07) is 1.32. The SMILES string of the molecule is CC(C)N1CCC2CCNP1N(C(C)C)CC2. The summed E-state index contributed by atoms with van der Waals surface area (Å²) in [5, 5.41) is 3.83. The molecule has 2 bridgehead atoms. The van der Waals surface area contributed by atoms with Gasteiger partial charge < -0.3 is 0 Å². The lowest BCUT2D eigenvalue weighted by atomic mass is 9.97. The summed E-state index contributed by atoms with van der Waals surface area (Å²) in [4.78, 5) is 0. The van der Waals surface area contributed by atoms with Gasteiger partial charge in [0.1, 0.15) is 8.37 Å². The number of rotatable bonds is 2. The van der Waals surface area contributed by atoms with Crippen LogP contribution in [0.15, 0.2) is 0 Å². The molecule has 3 rings (SSSR count). The van der Waals surface area contributed by atoms with Crippen LogP contribution in [0.4, 0.5) is 0 Å². The van der Waals surface area contributed by atoms with Gasteiger partial charge in [0, 0.05) is 31.7 Å². The van der Waals surface area contributed by atoms with Crippen LogP contribution in [0.3, 0.4) is 0 Å². The molecule has 0 saturated carbocycles. The molecule has 3 fully saturated rings. The Hall–Kier alpha value is 0.310. The predicted octanol–water partition coefficient (Wildman–Crippen LogP) is 3.04. The summed E-state index contributed by atoms with van der Waals surface area (Å²) in [6.45, 7) is 13.1. The van der Waals surface area contributed by atoms with Crippen LogP contribution in [0.5, 0.6) is 0 Å².